The van der Waals surface area contributed by atoms with Gasteiger partial charge < -0.3 is 9.84 Å². The Kier molecular flexibility index (Phi) is 6.57. The molecule has 1 aromatic carbocycles. The van der Waals surface area contributed by atoms with Gasteiger partial charge in [0.15, 0.2) is 5.78 Å². The lowest BCUT2D eigenvalue weighted by atomic mass is 9.90. The van der Waals surface area contributed by atoms with E-state index in [-0.39, 0.29) is 36.7 Å². The first kappa shape index (κ1) is 20.2. The molecule has 0 atom stereocenters. The van der Waals surface area contributed by atoms with Crippen LogP contribution >= 0.6 is 11.3 Å². The lowest BCUT2D eigenvalue weighted by molar-refractivity contribution is -0.136. The Labute approximate surface area is 167 Å². The molecule has 0 amide bonds. The minimum atomic E-state index is -0.948. The molecule has 1 aliphatic carbocycles. The van der Waals surface area contributed by atoms with Crippen LogP contribution in [0.1, 0.15) is 52.3 Å². The van der Waals surface area contributed by atoms with Gasteiger partial charge >= 0.3 is 5.97 Å². The Morgan fingerprint density at radius 2 is 1.93 bits per heavy atom. The van der Waals surface area contributed by atoms with E-state index >= 15 is 0 Å². The first-order valence-electron chi connectivity index (χ1n) is 9.34. The molecule has 6 nitrogen and oxygen atoms in total. The van der Waals surface area contributed by atoms with Crippen LogP contribution < -0.4 is 4.74 Å². The summed E-state index contributed by atoms with van der Waals surface area (Å²) in [4.78, 5) is 40.5. The van der Waals surface area contributed by atoms with E-state index in [0.717, 1.165) is 25.7 Å². The summed E-state index contributed by atoms with van der Waals surface area (Å²) in [7, 11) is 1.56. The highest BCUT2D eigenvalue weighted by Gasteiger charge is 2.26. The zero-order valence-electron chi connectivity index (χ0n) is 15.8. The van der Waals surface area contributed by atoms with Crippen LogP contribution in [0.3, 0.4) is 0 Å². The molecule has 2 aromatic rings. The van der Waals surface area contributed by atoms with Crippen molar-refractivity contribution in [2.24, 2.45) is 5.92 Å². The number of carbonyl (C=O) groups is 3. The number of carboxylic acids is 1. The average Bonchev–Trinajstić information content (AvgIpc) is 3.33. The highest BCUT2D eigenvalue weighted by molar-refractivity contribution is 7.09. The van der Waals surface area contributed by atoms with E-state index in [2.05, 4.69) is 4.98 Å². The van der Waals surface area contributed by atoms with Crippen molar-refractivity contribution in [1.82, 2.24) is 4.98 Å². The second kappa shape index (κ2) is 9.10. The number of benzene rings is 1. The molecule has 0 radical (unpaired) electrons. The highest BCUT2D eigenvalue weighted by atomic mass is 32.1. The summed E-state index contributed by atoms with van der Waals surface area (Å²) in [6.45, 7) is 0. The quantitative estimate of drug-likeness (QED) is 0.646. The summed E-state index contributed by atoms with van der Waals surface area (Å²) in [5.74, 6) is -0.273. The maximum atomic E-state index is 12.9. The average molecular weight is 401 g/mol. The van der Waals surface area contributed by atoms with Crippen LogP contribution in [0, 0.1) is 5.92 Å². The number of rotatable bonds is 9. The third kappa shape index (κ3) is 5.04. The van der Waals surface area contributed by atoms with E-state index in [0.29, 0.717) is 27.6 Å². The van der Waals surface area contributed by atoms with Crippen LogP contribution in [0.15, 0.2) is 23.6 Å². The number of Topliss-reactive ketones (excluding diaryl/α,β-unsaturated/α-hetero) is 2. The summed E-state index contributed by atoms with van der Waals surface area (Å²) in [5.41, 5.74) is 1.75. The molecule has 1 aromatic heterocycles. The fourth-order valence-electron chi connectivity index (χ4n) is 3.58. The maximum absolute atomic E-state index is 12.9. The number of methoxy groups -OCH3 is 1. The van der Waals surface area contributed by atoms with Crippen molar-refractivity contribution >= 4 is 28.9 Å². The second-order valence-electron chi connectivity index (χ2n) is 7.06. The topological polar surface area (TPSA) is 93.6 Å². The Balaban J connectivity index is 1.73. The van der Waals surface area contributed by atoms with Crippen molar-refractivity contribution in [3.63, 3.8) is 0 Å². The molecule has 0 unspecified atom stereocenters. The van der Waals surface area contributed by atoms with Gasteiger partial charge in [0.05, 0.1) is 25.6 Å². The van der Waals surface area contributed by atoms with Crippen molar-refractivity contribution in [2.45, 2.75) is 44.9 Å². The van der Waals surface area contributed by atoms with E-state index in [4.69, 9.17) is 9.84 Å². The van der Waals surface area contributed by atoms with Crippen molar-refractivity contribution in [2.75, 3.05) is 7.11 Å². The lowest BCUT2D eigenvalue weighted by Crippen LogP contribution is -2.16. The van der Waals surface area contributed by atoms with Gasteiger partial charge in [-0.05, 0) is 30.5 Å². The minimum absolute atomic E-state index is 0.0264. The predicted molar refractivity (Wildman–Crippen MR) is 105 cm³/mol. The molecular weight excluding hydrogens is 378 g/mol. The van der Waals surface area contributed by atoms with Gasteiger partial charge in [0, 0.05) is 23.3 Å². The van der Waals surface area contributed by atoms with Crippen LogP contribution in [-0.2, 0) is 28.9 Å². The molecule has 28 heavy (non-hydrogen) atoms. The molecule has 1 saturated carbocycles. The molecule has 1 N–H and O–H groups in total. The number of aromatic nitrogens is 1. The SMILES string of the molecule is COc1ccc(CC(=O)Cc2nc(CC(=O)O)cs2)c(C(=O)C2CCCC2)c1. The Morgan fingerprint density at radius 1 is 1.18 bits per heavy atom. The Bertz CT molecular complexity index is 883. The number of nitrogens with zero attached hydrogens (tertiary/aromatic N) is 1. The smallest absolute Gasteiger partial charge is 0.309 e. The normalized spacial score (nSPS) is 14.2. The fourth-order valence-corrected chi connectivity index (χ4v) is 4.41. The number of hydrogen-bond donors (Lipinski definition) is 1. The van der Waals surface area contributed by atoms with Crippen LogP contribution in [0.5, 0.6) is 5.75 Å². The van der Waals surface area contributed by atoms with Gasteiger partial charge in [-0.15, -0.1) is 11.3 Å². The van der Waals surface area contributed by atoms with Crippen LogP contribution in [0.25, 0.3) is 0 Å². The molecule has 1 aliphatic rings. The van der Waals surface area contributed by atoms with Crippen molar-refractivity contribution in [1.29, 1.82) is 0 Å². The summed E-state index contributed by atoms with van der Waals surface area (Å²) in [6, 6.07) is 5.29. The van der Waals surface area contributed by atoms with Gasteiger partial charge in [0.1, 0.15) is 16.5 Å². The third-order valence-corrected chi connectivity index (χ3v) is 5.87. The molecule has 0 aliphatic heterocycles. The summed E-state index contributed by atoms with van der Waals surface area (Å²) in [5, 5.41) is 11.1. The number of carbonyl (C=O) groups excluding carboxylic acids is 2. The van der Waals surface area contributed by atoms with E-state index in [9.17, 15) is 14.4 Å². The van der Waals surface area contributed by atoms with Crippen LogP contribution in [-0.4, -0.2) is 34.7 Å². The molecule has 0 bridgehead atoms. The van der Waals surface area contributed by atoms with E-state index in [1.54, 1.807) is 30.7 Å². The number of thiazole rings is 1. The molecule has 0 spiro atoms. The number of hydrogen-bond acceptors (Lipinski definition) is 6. The zero-order chi connectivity index (χ0) is 20.1. The second-order valence-corrected chi connectivity index (χ2v) is 8.01. The summed E-state index contributed by atoms with van der Waals surface area (Å²) < 4.78 is 5.26. The third-order valence-electron chi connectivity index (χ3n) is 4.98. The van der Waals surface area contributed by atoms with E-state index < -0.39 is 5.97 Å². The molecule has 7 heteroatoms. The van der Waals surface area contributed by atoms with Gasteiger partial charge in [-0.3, -0.25) is 14.4 Å². The van der Waals surface area contributed by atoms with Gasteiger partial charge in [-0.1, -0.05) is 18.9 Å². The largest absolute Gasteiger partial charge is 0.497 e. The monoisotopic (exact) mass is 401 g/mol. The van der Waals surface area contributed by atoms with Gasteiger partial charge in [0.25, 0.3) is 0 Å². The van der Waals surface area contributed by atoms with Crippen LogP contribution in [0.4, 0.5) is 0 Å². The summed E-state index contributed by atoms with van der Waals surface area (Å²) >= 11 is 1.29. The molecule has 148 valence electrons. The molecule has 1 heterocycles. The van der Waals surface area contributed by atoms with Crippen LogP contribution in [0.2, 0.25) is 0 Å². The van der Waals surface area contributed by atoms with E-state index in [1.807, 2.05) is 0 Å². The first-order valence-corrected chi connectivity index (χ1v) is 10.2. The Hall–Kier alpha value is -2.54. The fraction of sp³-hybridized carbons (Fsp3) is 0.429. The van der Waals surface area contributed by atoms with Gasteiger partial charge in [0.2, 0.25) is 0 Å². The number of carboxylic acid groups (broad SMARTS) is 1. The number of aliphatic carboxylic acids is 1. The van der Waals surface area contributed by atoms with Crippen molar-refractivity contribution < 1.29 is 24.2 Å². The van der Waals surface area contributed by atoms with Gasteiger partial charge in [-0.2, -0.15) is 0 Å². The zero-order valence-corrected chi connectivity index (χ0v) is 16.6. The van der Waals surface area contributed by atoms with Crippen molar-refractivity contribution in [3.05, 3.63) is 45.4 Å². The molecule has 3 rings (SSSR count). The molecule has 0 saturated heterocycles. The van der Waals surface area contributed by atoms with Crippen molar-refractivity contribution in [3.8, 4) is 5.75 Å². The number of ether oxygens (including phenoxy) is 1. The number of ketones is 2. The standard InChI is InChI=1S/C21H23NO5S/c1-27-17-7-6-14(18(11-17)21(26)13-4-2-3-5-13)8-16(23)10-19-22-15(12-28-19)9-20(24)25/h6-7,11-13H,2-5,8-10H2,1H3,(H,24,25). The maximum Gasteiger partial charge on any atom is 0.309 e. The summed E-state index contributed by atoms with van der Waals surface area (Å²) in [6.07, 6.45) is 4.06. The predicted octanol–water partition coefficient (Wildman–Crippen LogP) is 3.51. The minimum Gasteiger partial charge on any atom is -0.497 e. The van der Waals surface area contributed by atoms with E-state index in [1.165, 1.54) is 11.3 Å². The molecule has 1 fully saturated rings. The first-order chi connectivity index (χ1) is 13.5. The molecular formula is C21H23NO5S. The Morgan fingerprint density at radius 3 is 2.61 bits per heavy atom. The highest BCUT2D eigenvalue weighted by Crippen LogP contribution is 2.30. The lowest BCUT2D eigenvalue weighted by Gasteiger charge is -2.14. The van der Waals surface area contributed by atoms with Gasteiger partial charge in [-0.25, -0.2) is 4.98 Å².